The Morgan fingerprint density at radius 1 is 1.39 bits per heavy atom. The Balaban J connectivity index is 2.73. The summed E-state index contributed by atoms with van der Waals surface area (Å²) in [5, 5.41) is 0. The van der Waals surface area contributed by atoms with Gasteiger partial charge in [0.15, 0.2) is 0 Å². The Morgan fingerprint density at radius 2 is 2.11 bits per heavy atom. The molecule has 1 rings (SSSR count). The van der Waals surface area contributed by atoms with Gasteiger partial charge in [0.25, 0.3) is 0 Å². The van der Waals surface area contributed by atoms with Crippen LogP contribution in [0.3, 0.4) is 0 Å². The Kier molecular flexibility index (Phi) is 7.87. The zero-order valence-electron chi connectivity index (χ0n) is 10.8. The van der Waals surface area contributed by atoms with Gasteiger partial charge in [-0.1, -0.05) is 0 Å². The Morgan fingerprint density at radius 3 is 2.67 bits per heavy atom. The summed E-state index contributed by atoms with van der Waals surface area (Å²) < 4.78 is 32.1. The average molecular weight is 391 g/mol. The Bertz CT molecular complexity index is 251. The molecule has 0 amide bonds. The first-order valence-electron chi connectivity index (χ1n) is 5.28. The molecule has 1 heterocycles. The van der Waals surface area contributed by atoms with Gasteiger partial charge < -0.3 is 0 Å². The summed E-state index contributed by atoms with van der Waals surface area (Å²) >= 11 is -0.826. The Hall–Kier alpha value is 0.985. The van der Waals surface area contributed by atoms with E-state index in [1.54, 1.807) is 21.3 Å². The second-order valence-electron chi connectivity index (χ2n) is 3.93. The molecule has 0 aliphatic carbocycles. The van der Waals surface area contributed by atoms with E-state index < -0.39 is 33.6 Å². The molecule has 6 nitrogen and oxygen atoms in total. The summed E-state index contributed by atoms with van der Waals surface area (Å²) in [7, 11) is 10.6. The fourth-order valence-electron chi connectivity index (χ4n) is 1.83. The van der Waals surface area contributed by atoms with Gasteiger partial charge in [0.1, 0.15) is 0 Å². The van der Waals surface area contributed by atoms with Gasteiger partial charge in [0.05, 0.1) is 0 Å². The van der Waals surface area contributed by atoms with E-state index in [0.29, 0.717) is 6.61 Å². The minimum absolute atomic E-state index is 0.0989. The number of methoxy groups -OCH3 is 1. The van der Waals surface area contributed by atoms with Crippen molar-refractivity contribution in [2.45, 2.75) is 30.7 Å². The molecule has 0 bridgehead atoms. The first-order valence-corrected chi connectivity index (χ1v) is 7.86. The molecule has 1 aliphatic heterocycles. The second-order valence-corrected chi connectivity index (χ2v) is 6.48. The molecule has 106 valence electrons. The maximum atomic E-state index is 5.93. The van der Waals surface area contributed by atoms with Crippen molar-refractivity contribution in [1.82, 2.24) is 0 Å². The van der Waals surface area contributed by atoms with Gasteiger partial charge >= 0.3 is 122 Å². The van der Waals surface area contributed by atoms with Crippen molar-refractivity contribution in [1.29, 1.82) is 0 Å². The van der Waals surface area contributed by atoms with Crippen molar-refractivity contribution in [3.8, 4) is 0 Å². The van der Waals surface area contributed by atoms with E-state index in [9.17, 15) is 0 Å². The summed E-state index contributed by atoms with van der Waals surface area (Å²) in [6.07, 6.45) is -0.721. The third-order valence-corrected chi connectivity index (χ3v) is 4.19. The number of rotatable bonds is 8. The summed E-state index contributed by atoms with van der Waals surface area (Å²) in [4.78, 5) is 0. The minimum atomic E-state index is -0.826. The van der Waals surface area contributed by atoms with Gasteiger partial charge in [-0.25, -0.2) is 0 Å². The van der Waals surface area contributed by atoms with Crippen molar-refractivity contribution in [2.75, 3.05) is 27.9 Å². The molecular formula is C9H18BIO6P-. The topological polar surface area (TPSA) is 55.4 Å². The molecule has 18 heavy (non-hydrogen) atoms. The van der Waals surface area contributed by atoms with Gasteiger partial charge in [0, 0.05) is 0 Å². The number of hydrogen-bond acceptors (Lipinski definition) is 6. The SMILES string of the molecule is [B][C@@H]1OC(C)(COC)C(OPOC)C1O[I-]OC. The van der Waals surface area contributed by atoms with Crippen molar-refractivity contribution >= 4 is 16.9 Å². The molecule has 9 heteroatoms. The van der Waals surface area contributed by atoms with Crippen LogP contribution in [-0.2, 0) is 24.7 Å². The van der Waals surface area contributed by atoms with Gasteiger partial charge in [0.2, 0.25) is 0 Å². The number of hydrogen-bond donors (Lipinski definition) is 0. The van der Waals surface area contributed by atoms with Crippen molar-refractivity contribution in [2.24, 2.45) is 0 Å². The van der Waals surface area contributed by atoms with Crippen molar-refractivity contribution in [3.05, 3.63) is 0 Å². The second kappa shape index (κ2) is 8.31. The summed E-state index contributed by atoms with van der Waals surface area (Å²) in [6.45, 7) is 2.25. The van der Waals surface area contributed by atoms with Crippen LogP contribution >= 0.6 is 9.03 Å². The molecule has 1 aliphatic rings. The van der Waals surface area contributed by atoms with Crippen LogP contribution in [0.15, 0.2) is 0 Å². The predicted octanol–water partition coefficient (Wildman–Crippen LogP) is -2.59. The van der Waals surface area contributed by atoms with E-state index >= 15 is 0 Å². The van der Waals surface area contributed by atoms with Crippen LogP contribution in [0.5, 0.6) is 0 Å². The van der Waals surface area contributed by atoms with E-state index in [4.69, 9.17) is 32.5 Å². The summed E-state index contributed by atoms with van der Waals surface area (Å²) in [6, 6.07) is -0.563. The average Bonchev–Trinajstić information content (AvgIpc) is 2.55. The molecule has 0 saturated carbocycles. The van der Waals surface area contributed by atoms with Crippen molar-refractivity contribution in [3.63, 3.8) is 0 Å². The molecule has 0 N–H and O–H groups in total. The first-order chi connectivity index (χ1) is 8.59. The van der Waals surface area contributed by atoms with Crippen LogP contribution in [-0.4, -0.2) is 59.6 Å². The zero-order chi connectivity index (χ0) is 13.6. The quantitative estimate of drug-likeness (QED) is 0.257. The van der Waals surface area contributed by atoms with Crippen LogP contribution in [0.25, 0.3) is 0 Å². The zero-order valence-corrected chi connectivity index (χ0v) is 14.0. The van der Waals surface area contributed by atoms with Gasteiger partial charge in [-0.3, -0.25) is 0 Å². The first kappa shape index (κ1) is 17.0. The Labute approximate surface area is 122 Å². The normalized spacial score (nSPS) is 37.0. The van der Waals surface area contributed by atoms with E-state index in [1.807, 2.05) is 6.92 Å². The number of ether oxygens (including phenoxy) is 2. The van der Waals surface area contributed by atoms with Crippen LogP contribution in [0.2, 0.25) is 0 Å². The van der Waals surface area contributed by atoms with Crippen LogP contribution in [0.4, 0.5) is 0 Å². The molecule has 1 saturated heterocycles. The standard InChI is InChI=1S/C9H18BIO6P/c1-9(5-12-2)7(17-18-14-4)6(8(10)15-9)16-11-13-3/h6-8,18H,5H2,1-4H3/q-1/t6?,7?,8-,9?/m1/s1. The van der Waals surface area contributed by atoms with Crippen LogP contribution in [0, 0.1) is 0 Å². The molecule has 0 aromatic carbocycles. The summed E-state index contributed by atoms with van der Waals surface area (Å²) in [5.74, 6) is 0. The molecule has 0 aromatic heterocycles. The maximum absolute atomic E-state index is 5.93. The molecule has 0 aromatic rings. The van der Waals surface area contributed by atoms with Crippen LogP contribution in [0.1, 0.15) is 6.92 Å². The molecule has 2 radical (unpaired) electrons. The third-order valence-electron chi connectivity index (χ3n) is 2.52. The number of halogens is 1. The molecule has 0 spiro atoms. The van der Waals surface area contributed by atoms with Crippen LogP contribution < -0.4 is 22.0 Å². The fraction of sp³-hybridized carbons (Fsp3) is 1.00. The predicted molar refractivity (Wildman–Crippen MR) is 63.0 cm³/mol. The monoisotopic (exact) mass is 391 g/mol. The van der Waals surface area contributed by atoms with Gasteiger partial charge in [-0.05, 0) is 0 Å². The van der Waals surface area contributed by atoms with E-state index in [0.717, 1.165) is 0 Å². The van der Waals surface area contributed by atoms with E-state index in [2.05, 4.69) is 0 Å². The molecular weight excluding hydrogens is 373 g/mol. The fourth-order valence-corrected chi connectivity index (χ4v) is 3.42. The van der Waals surface area contributed by atoms with Gasteiger partial charge in [-0.2, -0.15) is 0 Å². The van der Waals surface area contributed by atoms with Gasteiger partial charge in [-0.15, -0.1) is 0 Å². The molecule has 5 atom stereocenters. The molecule has 1 fully saturated rings. The summed E-state index contributed by atoms with van der Waals surface area (Å²) in [5.41, 5.74) is -0.651. The van der Waals surface area contributed by atoms with E-state index in [-0.39, 0.29) is 21.2 Å². The third kappa shape index (κ3) is 4.24. The van der Waals surface area contributed by atoms with E-state index in [1.165, 1.54) is 0 Å². The van der Waals surface area contributed by atoms with Crippen molar-refractivity contribution < 1.29 is 46.7 Å². The molecule has 4 unspecified atom stereocenters.